The third kappa shape index (κ3) is 8.32. The summed E-state index contributed by atoms with van der Waals surface area (Å²) in [7, 11) is -2.02. The number of hydrogen-bond acceptors (Lipinski definition) is 7. The molecule has 52 heavy (non-hydrogen) atoms. The van der Waals surface area contributed by atoms with Crippen LogP contribution in [0, 0.1) is 34.5 Å². The molecule has 14 heteroatoms. The number of sulfonamides is 1. The van der Waals surface area contributed by atoms with Gasteiger partial charge in [-0.05, 0) is 84.7 Å². The van der Waals surface area contributed by atoms with Crippen molar-refractivity contribution in [3.05, 3.63) is 35.4 Å². The number of nitrogens with one attached hydrogen (secondary N) is 4. The number of piperidine rings is 1. The molecule has 2 saturated carbocycles. The summed E-state index contributed by atoms with van der Waals surface area (Å²) in [5.74, 6) is -2.78. The number of rotatable bonds is 15. The van der Waals surface area contributed by atoms with Gasteiger partial charge in [0.15, 0.2) is 0 Å². The minimum atomic E-state index is -3.51. The van der Waals surface area contributed by atoms with Crippen LogP contribution in [-0.4, -0.2) is 104 Å². The molecular formula is C38H58N6O7S. The van der Waals surface area contributed by atoms with Crippen LogP contribution in [-0.2, 0) is 42.0 Å². The molecule has 5 amide bonds. The minimum Gasteiger partial charge on any atom is -0.349 e. The first kappa shape index (κ1) is 39.7. The third-order valence-electron chi connectivity index (χ3n) is 11.9. The molecule has 6 atom stereocenters. The van der Waals surface area contributed by atoms with Gasteiger partial charge < -0.3 is 26.2 Å². The highest BCUT2D eigenvalue weighted by Gasteiger charge is 2.70. The first-order chi connectivity index (χ1) is 24.3. The lowest BCUT2D eigenvalue weighted by molar-refractivity contribution is -0.144. The van der Waals surface area contributed by atoms with E-state index in [0.29, 0.717) is 32.4 Å². The van der Waals surface area contributed by atoms with Gasteiger partial charge in [-0.1, -0.05) is 65.8 Å². The summed E-state index contributed by atoms with van der Waals surface area (Å²) in [5, 5.41) is 11.5. The number of carbonyl (C=O) groups excluding carboxylic acids is 5. The Kier molecular flexibility index (Phi) is 11.5. The Bertz CT molecular complexity index is 1640. The standard InChI is InChI=1S/C38H58N6O7S/c1-9-17-39-34(47)32(45)29(22-15-16-22)41-33(46)31-28-26(38(28,6)7)20-44(31)35(48)30(25-18-23-13-11-12-14-24(23)19-25)42-36(49)40-27(37(3,4)5)21-43(8)52(50,51)10-2/h11-14,22,25-31H,9-10,15-21H2,1-8H3,(H,39,47)(H,41,46)(H2,40,42,49)/t26-,27+,28-,29?,30-,31-/m0/s1. The van der Waals surface area contributed by atoms with Crippen LogP contribution in [0.15, 0.2) is 24.3 Å². The highest BCUT2D eigenvalue weighted by molar-refractivity contribution is 7.89. The van der Waals surface area contributed by atoms with Crippen LogP contribution in [0.5, 0.6) is 0 Å². The average Bonchev–Trinajstić information content (AvgIpc) is 3.88. The topological polar surface area (TPSA) is 174 Å². The van der Waals surface area contributed by atoms with E-state index in [0.717, 1.165) is 24.0 Å². The van der Waals surface area contributed by atoms with Crippen LogP contribution in [0.3, 0.4) is 0 Å². The molecule has 0 aromatic heterocycles. The lowest BCUT2D eigenvalue weighted by atomic mass is 9.86. The molecule has 0 radical (unpaired) electrons. The van der Waals surface area contributed by atoms with Crippen molar-refractivity contribution in [1.29, 1.82) is 0 Å². The molecule has 4 aliphatic rings. The number of ketones is 1. The zero-order chi connectivity index (χ0) is 38.3. The molecule has 288 valence electrons. The molecule has 4 N–H and O–H groups in total. The number of likely N-dealkylation sites (tertiary alicyclic amines) is 1. The number of benzene rings is 1. The van der Waals surface area contributed by atoms with Gasteiger partial charge in [-0.15, -0.1) is 0 Å². The lowest BCUT2D eigenvalue weighted by Crippen LogP contribution is -2.62. The number of carbonyl (C=O) groups is 5. The van der Waals surface area contributed by atoms with Crippen molar-refractivity contribution in [1.82, 2.24) is 30.5 Å². The maximum atomic E-state index is 14.8. The molecule has 13 nitrogen and oxygen atoms in total. The molecule has 3 aliphatic carbocycles. The van der Waals surface area contributed by atoms with E-state index in [4.69, 9.17) is 0 Å². The van der Waals surface area contributed by atoms with Crippen LogP contribution < -0.4 is 21.3 Å². The molecule has 1 saturated heterocycles. The second-order valence-electron chi connectivity index (χ2n) is 17.0. The number of fused-ring (bicyclic) bond motifs is 2. The third-order valence-corrected chi connectivity index (χ3v) is 13.8. The minimum absolute atomic E-state index is 0.0464. The van der Waals surface area contributed by atoms with Gasteiger partial charge in [0.05, 0.1) is 5.75 Å². The van der Waals surface area contributed by atoms with E-state index >= 15 is 0 Å². The zero-order valence-corrected chi connectivity index (χ0v) is 32.8. The predicted molar refractivity (Wildman–Crippen MR) is 197 cm³/mol. The van der Waals surface area contributed by atoms with Gasteiger partial charge >= 0.3 is 6.03 Å². The van der Waals surface area contributed by atoms with Crippen molar-refractivity contribution in [2.24, 2.45) is 34.5 Å². The summed E-state index contributed by atoms with van der Waals surface area (Å²) in [6.45, 7) is 14.1. The summed E-state index contributed by atoms with van der Waals surface area (Å²) in [4.78, 5) is 70.4. The Labute approximate surface area is 308 Å². The lowest BCUT2D eigenvalue weighted by Gasteiger charge is -2.37. The van der Waals surface area contributed by atoms with E-state index in [-0.39, 0.29) is 47.3 Å². The number of likely N-dealkylation sites (N-methyl/N-ethyl adjacent to an activating group) is 1. The van der Waals surface area contributed by atoms with Gasteiger partial charge in [0.25, 0.3) is 5.91 Å². The highest BCUT2D eigenvalue weighted by atomic mass is 32.2. The van der Waals surface area contributed by atoms with E-state index < -0.39 is 63.2 Å². The summed E-state index contributed by atoms with van der Waals surface area (Å²) in [6.07, 6.45) is 3.23. The largest absolute Gasteiger partial charge is 0.349 e. The Morgan fingerprint density at radius 1 is 0.942 bits per heavy atom. The first-order valence-electron chi connectivity index (χ1n) is 18.8. The number of amides is 5. The van der Waals surface area contributed by atoms with Crippen LogP contribution in [0.25, 0.3) is 0 Å². The van der Waals surface area contributed by atoms with Crippen LogP contribution in [0.2, 0.25) is 0 Å². The number of nitrogens with zero attached hydrogens (tertiary/aromatic N) is 2. The Morgan fingerprint density at radius 3 is 2.10 bits per heavy atom. The van der Waals surface area contributed by atoms with Gasteiger partial charge in [0.2, 0.25) is 27.6 Å². The maximum Gasteiger partial charge on any atom is 0.315 e. The molecule has 0 bridgehead atoms. The van der Waals surface area contributed by atoms with Gasteiger partial charge in [-0.2, -0.15) is 0 Å². The normalized spacial score (nSPS) is 23.9. The van der Waals surface area contributed by atoms with E-state index in [1.165, 1.54) is 11.4 Å². The maximum absolute atomic E-state index is 14.8. The highest BCUT2D eigenvalue weighted by Crippen LogP contribution is 2.65. The molecule has 1 heterocycles. The fourth-order valence-corrected chi connectivity index (χ4v) is 9.02. The Hall–Kier alpha value is -3.52. The summed E-state index contributed by atoms with van der Waals surface area (Å²) >= 11 is 0. The smallest absolute Gasteiger partial charge is 0.315 e. The molecule has 1 unspecified atom stereocenters. The second-order valence-corrected chi connectivity index (χ2v) is 19.3. The van der Waals surface area contributed by atoms with Crippen molar-refractivity contribution < 1.29 is 32.4 Å². The van der Waals surface area contributed by atoms with Gasteiger partial charge in [-0.25, -0.2) is 17.5 Å². The van der Waals surface area contributed by atoms with Gasteiger partial charge in [0.1, 0.15) is 18.1 Å². The molecule has 1 aromatic rings. The van der Waals surface area contributed by atoms with E-state index in [1.54, 1.807) is 11.8 Å². The summed E-state index contributed by atoms with van der Waals surface area (Å²) in [6, 6.07) is 3.94. The monoisotopic (exact) mass is 742 g/mol. The van der Waals surface area contributed by atoms with Crippen LogP contribution >= 0.6 is 0 Å². The molecule has 0 spiro atoms. The molecule has 1 aromatic carbocycles. The first-order valence-corrected chi connectivity index (χ1v) is 20.4. The van der Waals surface area contributed by atoms with Crippen molar-refractivity contribution in [3.8, 4) is 0 Å². The Balaban J connectivity index is 1.39. The molecule has 5 rings (SSSR count). The Morgan fingerprint density at radius 2 is 1.56 bits per heavy atom. The summed E-state index contributed by atoms with van der Waals surface area (Å²) in [5.41, 5.74) is 1.47. The van der Waals surface area contributed by atoms with E-state index in [1.807, 2.05) is 52.0 Å². The second kappa shape index (κ2) is 15.1. The van der Waals surface area contributed by atoms with Crippen molar-refractivity contribution in [2.45, 2.75) is 105 Å². The fraction of sp³-hybridized carbons (Fsp3) is 0.711. The predicted octanol–water partition coefficient (Wildman–Crippen LogP) is 2.24. The number of hydrogen-bond donors (Lipinski definition) is 4. The molecule has 1 aliphatic heterocycles. The fourth-order valence-electron chi connectivity index (χ4n) is 8.20. The van der Waals surface area contributed by atoms with E-state index in [9.17, 15) is 32.4 Å². The molecule has 3 fully saturated rings. The SMILES string of the molecule is CCCNC(=O)C(=O)C(NC(=O)[C@@H]1[C@@H]2[C@H](CN1C(=O)[C@@H](NC(=O)N[C@H](CN(C)S(=O)(=O)CC)C(C)(C)C)C1Cc3ccccc3C1)C2(C)C)C1CC1. The summed E-state index contributed by atoms with van der Waals surface area (Å²) < 4.78 is 26.4. The van der Waals surface area contributed by atoms with Crippen molar-refractivity contribution >= 4 is 39.6 Å². The molecular weight excluding hydrogens is 685 g/mol. The zero-order valence-electron chi connectivity index (χ0n) is 32.0. The van der Waals surface area contributed by atoms with Crippen LogP contribution in [0.4, 0.5) is 4.79 Å². The van der Waals surface area contributed by atoms with Gasteiger partial charge in [0, 0.05) is 32.7 Å². The van der Waals surface area contributed by atoms with Gasteiger partial charge in [-0.3, -0.25) is 19.2 Å². The van der Waals surface area contributed by atoms with Crippen molar-refractivity contribution in [3.63, 3.8) is 0 Å². The number of urea groups is 1. The van der Waals surface area contributed by atoms with E-state index in [2.05, 4.69) is 35.1 Å². The number of Topliss-reactive ketones (excluding diaryl/α,β-unsaturated/α-hetero) is 1. The quantitative estimate of drug-likeness (QED) is 0.200. The van der Waals surface area contributed by atoms with Crippen LogP contribution in [0.1, 0.15) is 78.9 Å². The average molecular weight is 743 g/mol. The van der Waals surface area contributed by atoms with Crippen molar-refractivity contribution in [2.75, 3.05) is 32.4 Å².